The number of aliphatic hydroxyl groups is 1. The van der Waals surface area contributed by atoms with Gasteiger partial charge in [0.25, 0.3) is 0 Å². The lowest BCUT2D eigenvalue weighted by Gasteiger charge is -2.21. The zero-order valence-corrected chi connectivity index (χ0v) is 11.8. The van der Waals surface area contributed by atoms with Crippen molar-refractivity contribution in [2.75, 3.05) is 13.1 Å². The Labute approximate surface area is 114 Å². The number of carbonyl (C=O) groups is 2. The Bertz CT molecular complexity index is 357. The van der Waals surface area contributed by atoms with E-state index >= 15 is 0 Å². The summed E-state index contributed by atoms with van der Waals surface area (Å²) in [5.41, 5.74) is 0. The predicted octanol–water partition coefficient (Wildman–Crippen LogP) is 0.520. The summed E-state index contributed by atoms with van der Waals surface area (Å²) in [6.07, 6.45) is 2.88. The molecule has 1 saturated carbocycles. The summed E-state index contributed by atoms with van der Waals surface area (Å²) < 4.78 is 0. The molecule has 19 heavy (non-hydrogen) atoms. The Morgan fingerprint density at radius 2 is 2.21 bits per heavy atom. The van der Waals surface area contributed by atoms with Crippen LogP contribution >= 0.6 is 0 Å². The lowest BCUT2D eigenvalue weighted by atomic mass is 10.0. The van der Waals surface area contributed by atoms with Crippen molar-refractivity contribution in [2.45, 2.75) is 51.7 Å². The number of likely N-dealkylation sites (tertiary alicyclic amines) is 1. The van der Waals surface area contributed by atoms with Gasteiger partial charge in [-0.3, -0.25) is 9.59 Å². The van der Waals surface area contributed by atoms with Crippen LogP contribution in [0.4, 0.5) is 0 Å². The quantitative estimate of drug-likeness (QED) is 0.781. The number of hydrogen-bond donors (Lipinski definition) is 2. The molecule has 0 spiro atoms. The Kier molecular flexibility index (Phi) is 4.45. The predicted molar refractivity (Wildman–Crippen MR) is 71.3 cm³/mol. The van der Waals surface area contributed by atoms with Crippen LogP contribution < -0.4 is 5.32 Å². The molecule has 108 valence electrons. The van der Waals surface area contributed by atoms with Crippen LogP contribution in [0, 0.1) is 11.8 Å². The molecular weight excluding hydrogens is 244 g/mol. The van der Waals surface area contributed by atoms with Crippen molar-refractivity contribution in [3.05, 3.63) is 0 Å². The van der Waals surface area contributed by atoms with Gasteiger partial charge in [-0.1, -0.05) is 6.42 Å². The highest BCUT2D eigenvalue weighted by molar-refractivity contribution is 5.89. The third-order valence-corrected chi connectivity index (χ3v) is 4.31. The van der Waals surface area contributed by atoms with Crippen LogP contribution in [0.2, 0.25) is 0 Å². The largest absolute Gasteiger partial charge is 0.393 e. The fourth-order valence-electron chi connectivity index (χ4n) is 3.04. The maximum atomic E-state index is 12.1. The molecule has 0 aromatic rings. The maximum absolute atomic E-state index is 12.1. The minimum atomic E-state index is -0.280. The van der Waals surface area contributed by atoms with E-state index in [0.29, 0.717) is 19.5 Å². The van der Waals surface area contributed by atoms with Crippen molar-refractivity contribution < 1.29 is 14.7 Å². The van der Waals surface area contributed by atoms with Crippen molar-refractivity contribution in [2.24, 2.45) is 11.8 Å². The van der Waals surface area contributed by atoms with Crippen molar-refractivity contribution in [1.82, 2.24) is 10.2 Å². The van der Waals surface area contributed by atoms with Gasteiger partial charge < -0.3 is 15.3 Å². The van der Waals surface area contributed by atoms with E-state index in [1.165, 1.54) is 0 Å². The van der Waals surface area contributed by atoms with E-state index in [9.17, 15) is 14.7 Å². The lowest BCUT2D eigenvalue weighted by molar-refractivity contribution is -0.130. The molecule has 0 bridgehead atoms. The highest BCUT2D eigenvalue weighted by Gasteiger charge is 2.36. The summed E-state index contributed by atoms with van der Waals surface area (Å²) >= 11 is 0. The molecule has 2 amide bonds. The topological polar surface area (TPSA) is 69.6 Å². The number of hydrogen-bond acceptors (Lipinski definition) is 3. The van der Waals surface area contributed by atoms with Crippen molar-refractivity contribution in [3.8, 4) is 0 Å². The Hall–Kier alpha value is -1.10. The maximum Gasteiger partial charge on any atom is 0.225 e. The number of carbonyl (C=O) groups excluding carboxylic acids is 2. The van der Waals surface area contributed by atoms with Gasteiger partial charge in [-0.2, -0.15) is 0 Å². The monoisotopic (exact) mass is 268 g/mol. The molecule has 5 nitrogen and oxygen atoms in total. The third kappa shape index (κ3) is 3.26. The second-order valence-corrected chi connectivity index (χ2v) is 6.04. The number of aliphatic hydroxyl groups excluding tert-OH is 1. The van der Waals surface area contributed by atoms with Crippen molar-refractivity contribution >= 4 is 11.8 Å². The first-order valence-electron chi connectivity index (χ1n) is 7.24. The molecule has 1 heterocycles. The average molecular weight is 268 g/mol. The molecule has 0 radical (unpaired) electrons. The minimum absolute atomic E-state index is 0.0457. The van der Waals surface area contributed by atoms with Gasteiger partial charge in [-0.15, -0.1) is 0 Å². The van der Waals surface area contributed by atoms with Gasteiger partial charge in [-0.25, -0.2) is 0 Å². The summed E-state index contributed by atoms with van der Waals surface area (Å²) in [5.74, 6) is -0.0256. The van der Waals surface area contributed by atoms with E-state index in [0.717, 1.165) is 19.3 Å². The van der Waals surface area contributed by atoms with E-state index in [4.69, 9.17) is 0 Å². The molecule has 2 rings (SSSR count). The van der Waals surface area contributed by atoms with Gasteiger partial charge in [0.1, 0.15) is 0 Å². The Balaban J connectivity index is 1.79. The van der Waals surface area contributed by atoms with E-state index in [1.54, 1.807) is 4.90 Å². The number of nitrogens with zero attached hydrogens (tertiary/aromatic N) is 1. The van der Waals surface area contributed by atoms with E-state index in [2.05, 4.69) is 5.32 Å². The van der Waals surface area contributed by atoms with Crippen LogP contribution in [0.5, 0.6) is 0 Å². The van der Waals surface area contributed by atoms with Crippen LogP contribution in [0.15, 0.2) is 0 Å². The summed E-state index contributed by atoms with van der Waals surface area (Å²) in [6, 6.07) is 0.155. The van der Waals surface area contributed by atoms with Gasteiger partial charge in [0.05, 0.1) is 12.0 Å². The zero-order chi connectivity index (χ0) is 14.0. The van der Waals surface area contributed by atoms with Crippen LogP contribution in [-0.4, -0.2) is 47.1 Å². The number of nitrogens with one attached hydrogen (secondary N) is 1. The molecule has 1 aliphatic carbocycles. The summed E-state index contributed by atoms with van der Waals surface area (Å²) in [4.78, 5) is 25.6. The highest BCUT2D eigenvalue weighted by Crippen LogP contribution is 2.25. The van der Waals surface area contributed by atoms with Gasteiger partial charge in [0, 0.05) is 31.5 Å². The Morgan fingerprint density at radius 1 is 1.47 bits per heavy atom. The van der Waals surface area contributed by atoms with Crippen molar-refractivity contribution in [1.29, 1.82) is 0 Å². The summed E-state index contributed by atoms with van der Waals surface area (Å²) in [6.45, 7) is 4.99. The zero-order valence-electron chi connectivity index (χ0n) is 11.8. The molecule has 5 heteroatoms. The van der Waals surface area contributed by atoms with Gasteiger partial charge >= 0.3 is 0 Å². The average Bonchev–Trinajstić information content (AvgIpc) is 2.92. The van der Waals surface area contributed by atoms with Gasteiger partial charge in [0.2, 0.25) is 11.8 Å². The molecule has 0 aromatic heterocycles. The molecule has 2 fully saturated rings. The fraction of sp³-hybridized carbons (Fsp3) is 0.857. The van der Waals surface area contributed by atoms with E-state index < -0.39 is 0 Å². The minimum Gasteiger partial charge on any atom is -0.393 e. The molecule has 1 aliphatic heterocycles. The van der Waals surface area contributed by atoms with Gasteiger partial charge in [0.15, 0.2) is 0 Å². The Morgan fingerprint density at radius 3 is 2.74 bits per heavy atom. The number of rotatable bonds is 4. The highest BCUT2D eigenvalue weighted by atomic mass is 16.3. The first kappa shape index (κ1) is 14.3. The fourth-order valence-corrected chi connectivity index (χ4v) is 3.04. The van der Waals surface area contributed by atoms with Crippen LogP contribution in [0.3, 0.4) is 0 Å². The summed E-state index contributed by atoms with van der Waals surface area (Å²) in [7, 11) is 0. The third-order valence-electron chi connectivity index (χ3n) is 4.31. The molecule has 2 aliphatic rings. The van der Waals surface area contributed by atoms with Crippen LogP contribution in [0.25, 0.3) is 0 Å². The SMILES string of the molecule is CC(C)N1CC(C(=O)NCC2CCCC2O)CC1=O. The second kappa shape index (κ2) is 5.90. The normalized spacial score (nSPS) is 31.3. The second-order valence-electron chi connectivity index (χ2n) is 6.04. The molecule has 3 atom stereocenters. The first-order valence-corrected chi connectivity index (χ1v) is 7.24. The van der Waals surface area contributed by atoms with E-state index in [-0.39, 0.29) is 35.8 Å². The first-order chi connectivity index (χ1) is 8.99. The standard InChI is InChI=1S/C14H24N2O3/c1-9(2)16-8-11(6-13(16)18)14(19)15-7-10-4-3-5-12(10)17/h9-12,17H,3-8H2,1-2H3,(H,15,19). The van der Waals surface area contributed by atoms with Crippen molar-refractivity contribution in [3.63, 3.8) is 0 Å². The molecule has 0 aromatic carbocycles. The molecule has 3 unspecified atom stereocenters. The molecule has 1 saturated heterocycles. The summed E-state index contributed by atoms with van der Waals surface area (Å²) in [5, 5.41) is 12.6. The molecular formula is C14H24N2O3. The van der Waals surface area contributed by atoms with Crippen LogP contribution in [0.1, 0.15) is 39.5 Å². The molecule has 2 N–H and O–H groups in total. The van der Waals surface area contributed by atoms with Gasteiger partial charge in [-0.05, 0) is 26.7 Å². The smallest absolute Gasteiger partial charge is 0.225 e. The lowest BCUT2D eigenvalue weighted by Crippen LogP contribution is -2.38. The number of amides is 2. The van der Waals surface area contributed by atoms with Crippen LogP contribution in [-0.2, 0) is 9.59 Å². The van der Waals surface area contributed by atoms with E-state index in [1.807, 2.05) is 13.8 Å².